The number of rotatable bonds is 7. The highest BCUT2D eigenvalue weighted by Crippen LogP contribution is 2.34. The smallest absolute Gasteiger partial charge is 0.338 e. The Kier molecular flexibility index (Phi) is 7.80. The fourth-order valence-electron chi connectivity index (χ4n) is 6.16. The lowest BCUT2D eigenvalue weighted by molar-refractivity contribution is -0.143. The number of nitrogens with zero attached hydrogens (tertiary/aromatic N) is 6. The van der Waals surface area contributed by atoms with Gasteiger partial charge in [0.1, 0.15) is 11.3 Å². The van der Waals surface area contributed by atoms with E-state index in [2.05, 4.69) is 16.7 Å². The Morgan fingerprint density at radius 3 is 2.76 bits per heavy atom. The van der Waals surface area contributed by atoms with Gasteiger partial charge in [0.05, 0.1) is 17.9 Å². The summed E-state index contributed by atoms with van der Waals surface area (Å²) < 4.78 is 15.9. The number of anilines is 1. The van der Waals surface area contributed by atoms with Gasteiger partial charge in [-0.2, -0.15) is 5.10 Å². The topological polar surface area (TPSA) is 87.4 Å². The molecule has 2 aromatic heterocycles. The number of hydrogen-bond donors (Lipinski definition) is 1. The number of carbonyl (C=O) groups is 1. The molecule has 5 rings (SSSR count). The lowest BCUT2D eigenvalue weighted by atomic mass is 9.91. The van der Waals surface area contributed by atoms with Gasteiger partial charge >= 0.3 is 5.97 Å². The maximum atomic E-state index is 14.0. The maximum Gasteiger partial charge on any atom is 0.338 e. The Morgan fingerprint density at radius 1 is 1.26 bits per heavy atom. The van der Waals surface area contributed by atoms with Crippen molar-refractivity contribution in [2.24, 2.45) is 5.92 Å². The summed E-state index contributed by atoms with van der Waals surface area (Å²) in [7, 11) is 0. The summed E-state index contributed by atoms with van der Waals surface area (Å²) in [6.07, 6.45) is 2.79. The molecule has 4 heterocycles. The minimum absolute atomic E-state index is 0.0188. The third kappa shape index (κ3) is 5.20. The van der Waals surface area contributed by atoms with Crippen LogP contribution in [-0.4, -0.2) is 73.6 Å². The Balaban J connectivity index is 1.35. The fourth-order valence-corrected chi connectivity index (χ4v) is 6.72. The summed E-state index contributed by atoms with van der Waals surface area (Å²) in [6, 6.07) is 5.57. The monoisotopic (exact) mass is 562 g/mol. The molecule has 0 bridgehead atoms. The summed E-state index contributed by atoms with van der Waals surface area (Å²) in [6.45, 7) is 8.64. The summed E-state index contributed by atoms with van der Waals surface area (Å²) in [5, 5.41) is 14.9. The van der Waals surface area contributed by atoms with Gasteiger partial charge in [-0.25, -0.2) is 23.8 Å². The Hall–Kier alpha value is -2.49. The van der Waals surface area contributed by atoms with Crippen LogP contribution in [-0.2, 0) is 4.79 Å². The van der Waals surface area contributed by atoms with E-state index in [4.69, 9.17) is 43.4 Å². The normalized spacial score (nSPS) is 24.2. The number of halogens is 3. The van der Waals surface area contributed by atoms with Crippen LogP contribution in [0.1, 0.15) is 56.8 Å². The third-order valence-corrected chi connectivity index (χ3v) is 8.68. The molecular weight excluding hydrogens is 530 g/mol. The first-order chi connectivity index (χ1) is 18.1. The highest BCUT2D eigenvalue weighted by Gasteiger charge is 2.38. The Labute approximate surface area is 231 Å². The lowest BCUT2D eigenvalue weighted by Gasteiger charge is -2.44. The zero-order valence-electron chi connectivity index (χ0n) is 21.8. The van der Waals surface area contributed by atoms with Crippen LogP contribution in [0, 0.1) is 12.8 Å². The van der Waals surface area contributed by atoms with E-state index in [0.29, 0.717) is 21.6 Å². The first-order valence-corrected chi connectivity index (χ1v) is 13.9. The van der Waals surface area contributed by atoms with Gasteiger partial charge in [-0.3, -0.25) is 4.90 Å². The predicted octanol–water partition coefficient (Wildman–Crippen LogP) is 5.54. The molecule has 2 aliphatic rings. The minimum Gasteiger partial charge on any atom is -0.479 e. The molecule has 2 saturated heterocycles. The van der Waals surface area contributed by atoms with Crippen LogP contribution >= 0.6 is 23.2 Å². The highest BCUT2D eigenvalue weighted by atomic mass is 35.5. The number of benzene rings is 1. The van der Waals surface area contributed by atoms with E-state index in [1.165, 1.54) is 0 Å². The van der Waals surface area contributed by atoms with Crippen molar-refractivity contribution in [2.45, 2.75) is 70.8 Å². The van der Waals surface area contributed by atoms with Crippen molar-refractivity contribution in [3.05, 3.63) is 45.7 Å². The fraction of sp³-hybridized carbons (Fsp3) is 0.556. The number of carboxylic acids is 1. The Morgan fingerprint density at radius 2 is 2.05 bits per heavy atom. The number of piperidine rings is 1. The van der Waals surface area contributed by atoms with Crippen LogP contribution in [0.15, 0.2) is 24.4 Å². The molecule has 5 atom stereocenters. The van der Waals surface area contributed by atoms with Gasteiger partial charge in [0, 0.05) is 41.6 Å². The van der Waals surface area contributed by atoms with Crippen molar-refractivity contribution in [3.63, 3.8) is 0 Å². The second-order valence-electron chi connectivity index (χ2n) is 10.6. The van der Waals surface area contributed by atoms with Gasteiger partial charge in [-0.15, -0.1) is 0 Å². The minimum atomic E-state index is -1.81. The standard InChI is InChI=1S/C27H33Cl2FN6O2/c1-15-14-34(10-8-23(15)35-9-4-5-19(35)12-22(30)27(37)38)24-13-31-25-16(2)33-36(26(25)32-24)17(3)20-7-6-18(28)11-21(20)29/h6-7,11,13,15,17,19,22-23H,4-5,8-10,12,14H2,1-3H3,(H,37,38). The molecule has 38 heavy (non-hydrogen) atoms. The summed E-state index contributed by atoms with van der Waals surface area (Å²) in [5.74, 6) is -0.259. The Bertz CT molecular complexity index is 1340. The number of likely N-dealkylation sites (tertiary alicyclic amines) is 1. The first kappa shape index (κ1) is 27.1. The van der Waals surface area contributed by atoms with Crippen LogP contribution in [0.5, 0.6) is 0 Å². The summed E-state index contributed by atoms with van der Waals surface area (Å²) in [5.41, 5.74) is 3.17. The van der Waals surface area contributed by atoms with E-state index in [9.17, 15) is 9.18 Å². The van der Waals surface area contributed by atoms with E-state index in [0.717, 1.165) is 61.5 Å². The number of aromatic nitrogens is 4. The summed E-state index contributed by atoms with van der Waals surface area (Å²) in [4.78, 5) is 25.4. The van der Waals surface area contributed by atoms with Gasteiger partial charge in [-0.05, 0) is 63.3 Å². The molecule has 1 N–H and O–H groups in total. The predicted molar refractivity (Wildman–Crippen MR) is 147 cm³/mol. The van der Waals surface area contributed by atoms with Crippen molar-refractivity contribution < 1.29 is 14.3 Å². The van der Waals surface area contributed by atoms with Crippen LogP contribution in [0.2, 0.25) is 10.0 Å². The molecule has 5 unspecified atom stereocenters. The second kappa shape index (κ2) is 10.9. The van der Waals surface area contributed by atoms with Crippen LogP contribution in [0.4, 0.5) is 10.2 Å². The molecule has 2 fully saturated rings. The van der Waals surface area contributed by atoms with Crippen molar-refractivity contribution >= 4 is 46.2 Å². The maximum absolute atomic E-state index is 14.0. The van der Waals surface area contributed by atoms with Crippen LogP contribution in [0.25, 0.3) is 11.2 Å². The number of aliphatic carboxylic acids is 1. The van der Waals surface area contributed by atoms with Gasteiger partial charge in [0.25, 0.3) is 0 Å². The largest absolute Gasteiger partial charge is 0.479 e. The average molecular weight is 564 g/mol. The quantitative estimate of drug-likeness (QED) is 0.404. The molecule has 0 amide bonds. The van der Waals surface area contributed by atoms with Crippen molar-refractivity contribution in [3.8, 4) is 0 Å². The number of carboxylic acid groups (broad SMARTS) is 1. The van der Waals surface area contributed by atoms with Gasteiger partial charge in [-0.1, -0.05) is 36.2 Å². The molecule has 1 aromatic carbocycles. The second-order valence-corrected chi connectivity index (χ2v) is 11.5. The van der Waals surface area contributed by atoms with E-state index >= 15 is 0 Å². The molecule has 3 aromatic rings. The zero-order valence-corrected chi connectivity index (χ0v) is 23.3. The molecular formula is C27H33Cl2FN6O2. The number of hydrogen-bond acceptors (Lipinski definition) is 6. The number of aryl methyl sites for hydroxylation is 1. The van der Waals surface area contributed by atoms with Crippen molar-refractivity contribution in [1.29, 1.82) is 0 Å². The highest BCUT2D eigenvalue weighted by molar-refractivity contribution is 6.35. The average Bonchev–Trinajstić information content (AvgIpc) is 3.47. The summed E-state index contributed by atoms with van der Waals surface area (Å²) >= 11 is 12.6. The lowest BCUT2D eigenvalue weighted by Crippen LogP contribution is -2.52. The van der Waals surface area contributed by atoms with Crippen LogP contribution < -0.4 is 4.90 Å². The molecule has 204 valence electrons. The van der Waals surface area contributed by atoms with E-state index in [-0.39, 0.29) is 24.5 Å². The van der Waals surface area contributed by atoms with E-state index in [1.54, 1.807) is 6.07 Å². The van der Waals surface area contributed by atoms with Crippen LogP contribution in [0.3, 0.4) is 0 Å². The molecule has 2 aliphatic heterocycles. The molecule has 0 saturated carbocycles. The van der Waals surface area contributed by atoms with E-state index < -0.39 is 12.1 Å². The van der Waals surface area contributed by atoms with Crippen molar-refractivity contribution in [2.75, 3.05) is 24.5 Å². The first-order valence-electron chi connectivity index (χ1n) is 13.2. The van der Waals surface area contributed by atoms with Gasteiger partial charge in [0.2, 0.25) is 0 Å². The molecule has 0 aliphatic carbocycles. The molecule has 8 nitrogen and oxygen atoms in total. The van der Waals surface area contributed by atoms with E-state index in [1.807, 2.05) is 36.9 Å². The number of fused-ring (bicyclic) bond motifs is 1. The van der Waals surface area contributed by atoms with Crippen molar-refractivity contribution in [1.82, 2.24) is 24.6 Å². The number of alkyl halides is 1. The van der Waals surface area contributed by atoms with Gasteiger partial charge in [0.15, 0.2) is 11.8 Å². The SMILES string of the molecule is Cc1nn(C(C)c2ccc(Cl)cc2Cl)c2nc(N3CCC(N4CCCC4CC(F)C(=O)O)C(C)C3)cnc12. The molecule has 11 heteroatoms. The third-order valence-electron chi connectivity index (χ3n) is 8.12. The zero-order chi connectivity index (χ0) is 27.1. The molecule has 0 radical (unpaired) electrons. The molecule has 0 spiro atoms. The van der Waals surface area contributed by atoms with Gasteiger partial charge < -0.3 is 10.0 Å².